The second kappa shape index (κ2) is 9.53. The average Bonchev–Trinajstić information content (AvgIpc) is 3.01. The second-order valence-corrected chi connectivity index (χ2v) is 9.50. The normalized spacial score (nSPS) is 15.1. The van der Waals surface area contributed by atoms with Gasteiger partial charge in [0.1, 0.15) is 18.2 Å². The molecule has 8 heteroatoms. The standard InChI is InChI=1S/C23H14BrClFNO2S2/c24-18-10-14(8-9-20(18)29-13-15-4-1-2-7-19(15)25)11-21-22(28)27(23(30)31-21)17-6-3-5-16(26)12-17/h1-12H,13H2/b21-11-. The van der Waals surface area contributed by atoms with E-state index < -0.39 is 5.82 Å². The molecule has 0 radical (unpaired) electrons. The third-order valence-electron chi connectivity index (χ3n) is 4.45. The molecule has 156 valence electrons. The van der Waals surface area contributed by atoms with E-state index in [9.17, 15) is 9.18 Å². The number of hydrogen-bond donors (Lipinski definition) is 0. The summed E-state index contributed by atoms with van der Waals surface area (Å²) in [4.78, 5) is 14.7. The number of carbonyl (C=O) groups is 1. The molecule has 4 rings (SSSR count). The number of nitrogens with zero attached hydrogens (tertiary/aromatic N) is 1. The van der Waals surface area contributed by atoms with E-state index in [1.807, 2.05) is 42.5 Å². The third kappa shape index (κ3) is 5.01. The quantitative estimate of drug-likeness (QED) is 0.255. The van der Waals surface area contributed by atoms with Crippen LogP contribution in [0, 0.1) is 5.82 Å². The SMILES string of the molecule is O=C1/C(=C/c2ccc(OCc3ccccc3Cl)c(Br)c2)SC(=S)N1c1cccc(F)c1. The molecule has 3 aromatic carbocycles. The number of hydrogen-bond acceptors (Lipinski definition) is 4. The molecule has 3 aromatic rings. The number of amides is 1. The first-order valence-electron chi connectivity index (χ1n) is 9.11. The summed E-state index contributed by atoms with van der Waals surface area (Å²) in [6, 6.07) is 18.8. The molecule has 0 spiro atoms. The number of thiocarbonyl (C=S) groups is 1. The van der Waals surface area contributed by atoms with Crippen LogP contribution in [0.5, 0.6) is 5.75 Å². The first-order valence-corrected chi connectivity index (χ1v) is 11.5. The largest absolute Gasteiger partial charge is 0.488 e. The van der Waals surface area contributed by atoms with Crippen LogP contribution in [0.15, 0.2) is 76.1 Å². The van der Waals surface area contributed by atoms with Crippen molar-refractivity contribution in [1.82, 2.24) is 0 Å². The van der Waals surface area contributed by atoms with Crippen LogP contribution >= 0.6 is 51.5 Å². The van der Waals surface area contributed by atoms with Crippen molar-refractivity contribution in [3.05, 3.63) is 98.1 Å². The summed E-state index contributed by atoms with van der Waals surface area (Å²) in [6.07, 6.45) is 1.75. The number of thioether (sulfide) groups is 1. The summed E-state index contributed by atoms with van der Waals surface area (Å²) in [5, 5.41) is 0.649. The third-order valence-corrected chi connectivity index (χ3v) is 6.75. The molecule has 1 saturated heterocycles. The molecule has 0 unspecified atom stereocenters. The van der Waals surface area contributed by atoms with Gasteiger partial charge in [-0.15, -0.1) is 0 Å². The molecule has 0 N–H and O–H groups in total. The summed E-state index contributed by atoms with van der Waals surface area (Å²) < 4.78 is 20.5. The lowest BCUT2D eigenvalue weighted by Crippen LogP contribution is -2.27. The Bertz CT molecular complexity index is 1220. The zero-order valence-corrected chi connectivity index (χ0v) is 19.8. The predicted molar refractivity (Wildman–Crippen MR) is 132 cm³/mol. The van der Waals surface area contributed by atoms with Crippen LogP contribution in [0.3, 0.4) is 0 Å². The Morgan fingerprint density at radius 1 is 1.13 bits per heavy atom. The van der Waals surface area contributed by atoms with Gasteiger partial charge < -0.3 is 4.74 Å². The van der Waals surface area contributed by atoms with E-state index in [4.69, 9.17) is 28.6 Å². The molecule has 0 saturated carbocycles. The zero-order chi connectivity index (χ0) is 22.0. The van der Waals surface area contributed by atoms with Gasteiger partial charge in [-0.3, -0.25) is 9.69 Å². The molecule has 31 heavy (non-hydrogen) atoms. The number of carbonyl (C=O) groups excluding carboxylic acids is 1. The Morgan fingerprint density at radius 2 is 1.94 bits per heavy atom. The van der Waals surface area contributed by atoms with Crippen LogP contribution in [-0.4, -0.2) is 10.2 Å². The molecule has 1 aliphatic rings. The van der Waals surface area contributed by atoms with Crippen molar-refractivity contribution in [2.75, 3.05) is 4.90 Å². The van der Waals surface area contributed by atoms with Crippen molar-refractivity contribution in [2.24, 2.45) is 0 Å². The van der Waals surface area contributed by atoms with Crippen LogP contribution in [0.4, 0.5) is 10.1 Å². The van der Waals surface area contributed by atoms with Gasteiger partial charge in [-0.25, -0.2) is 4.39 Å². The lowest BCUT2D eigenvalue weighted by molar-refractivity contribution is -0.113. The van der Waals surface area contributed by atoms with Gasteiger partial charge in [0.05, 0.1) is 15.1 Å². The second-order valence-electron chi connectivity index (χ2n) is 6.57. The number of rotatable bonds is 5. The highest BCUT2D eigenvalue weighted by molar-refractivity contribution is 9.10. The van der Waals surface area contributed by atoms with E-state index in [2.05, 4.69) is 15.9 Å². The van der Waals surface area contributed by atoms with Crippen molar-refractivity contribution in [2.45, 2.75) is 6.61 Å². The molecule has 0 aliphatic carbocycles. The summed E-state index contributed by atoms with van der Waals surface area (Å²) in [5.74, 6) is -0.0491. The molecule has 1 aliphatic heterocycles. The number of anilines is 1. The number of benzene rings is 3. The first kappa shape index (κ1) is 22.0. The highest BCUT2D eigenvalue weighted by Gasteiger charge is 2.33. The van der Waals surface area contributed by atoms with Crippen molar-refractivity contribution < 1.29 is 13.9 Å². The van der Waals surface area contributed by atoms with Gasteiger partial charge in [-0.05, 0) is 64.0 Å². The monoisotopic (exact) mass is 533 g/mol. The fourth-order valence-corrected chi connectivity index (χ4v) is 4.95. The van der Waals surface area contributed by atoms with Crippen LogP contribution < -0.4 is 9.64 Å². The van der Waals surface area contributed by atoms with Crippen molar-refractivity contribution in [3.63, 3.8) is 0 Å². The molecule has 1 amide bonds. The van der Waals surface area contributed by atoms with Crippen LogP contribution in [0.2, 0.25) is 5.02 Å². The Labute approximate surface area is 202 Å². The summed E-state index contributed by atoms with van der Waals surface area (Å²) in [5.41, 5.74) is 2.10. The lowest BCUT2D eigenvalue weighted by Gasteiger charge is -2.14. The summed E-state index contributed by atoms with van der Waals surface area (Å²) in [7, 11) is 0. The Hall–Kier alpha value is -2.19. The van der Waals surface area contributed by atoms with Gasteiger partial charge in [-0.1, -0.05) is 65.9 Å². The van der Waals surface area contributed by atoms with Crippen molar-refractivity contribution >= 4 is 73.5 Å². The van der Waals surface area contributed by atoms with E-state index in [1.165, 1.54) is 28.8 Å². The maximum Gasteiger partial charge on any atom is 0.270 e. The molecule has 0 bridgehead atoms. The lowest BCUT2D eigenvalue weighted by atomic mass is 10.2. The highest BCUT2D eigenvalue weighted by Crippen LogP contribution is 2.37. The first-order chi connectivity index (χ1) is 14.9. The summed E-state index contributed by atoms with van der Waals surface area (Å²) >= 11 is 16.2. The van der Waals surface area contributed by atoms with Crippen molar-refractivity contribution in [1.29, 1.82) is 0 Å². The van der Waals surface area contributed by atoms with E-state index in [0.29, 0.717) is 32.3 Å². The molecular formula is C23H14BrClFNO2S2. The molecule has 1 heterocycles. The van der Waals surface area contributed by atoms with Crippen molar-refractivity contribution in [3.8, 4) is 5.75 Å². The van der Waals surface area contributed by atoms with Gasteiger partial charge in [0.25, 0.3) is 5.91 Å². The maximum atomic E-state index is 13.6. The minimum absolute atomic E-state index is 0.282. The summed E-state index contributed by atoms with van der Waals surface area (Å²) in [6.45, 7) is 0.337. The van der Waals surface area contributed by atoms with E-state index in [1.54, 1.807) is 18.2 Å². The van der Waals surface area contributed by atoms with Gasteiger partial charge in [-0.2, -0.15) is 0 Å². The van der Waals surface area contributed by atoms with E-state index in [0.717, 1.165) is 15.6 Å². The van der Waals surface area contributed by atoms with Crippen LogP contribution in [-0.2, 0) is 11.4 Å². The molecule has 1 fully saturated rings. The topological polar surface area (TPSA) is 29.5 Å². The molecule has 0 aromatic heterocycles. The highest BCUT2D eigenvalue weighted by atomic mass is 79.9. The van der Waals surface area contributed by atoms with E-state index in [-0.39, 0.29) is 5.91 Å². The minimum Gasteiger partial charge on any atom is -0.488 e. The Kier molecular flexibility index (Phi) is 6.77. The fourth-order valence-electron chi connectivity index (χ4n) is 2.95. The van der Waals surface area contributed by atoms with Gasteiger partial charge in [0.15, 0.2) is 4.32 Å². The number of ether oxygens (including phenoxy) is 1. The Morgan fingerprint density at radius 3 is 2.68 bits per heavy atom. The number of halogens is 3. The fraction of sp³-hybridized carbons (Fsp3) is 0.0435. The smallest absolute Gasteiger partial charge is 0.270 e. The molecular weight excluding hydrogens is 521 g/mol. The average molecular weight is 535 g/mol. The van der Waals surface area contributed by atoms with Gasteiger partial charge in [0, 0.05) is 10.6 Å². The Balaban J connectivity index is 1.51. The molecule has 0 atom stereocenters. The van der Waals surface area contributed by atoms with E-state index >= 15 is 0 Å². The zero-order valence-electron chi connectivity index (χ0n) is 15.8. The minimum atomic E-state index is -0.424. The predicted octanol–water partition coefficient (Wildman–Crippen LogP) is 7.23. The van der Waals surface area contributed by atoms with Gasteiger partial charge >= 0.3 is 0 Å². The van der Waals surface area contributed by atoms with Crippen LogP contribution in [0.25, 0.3) is 6.08 Å². The maximum absolute atomic E-state index is 13.6. The molecule has 3 nitrogen and oxygen atoms in total. The van der Waals surface area contributed by atoms with Gasteiger partial charge in [0.2, 0.25) is 0 Å². The van der Waals surface area contributed by atoms with Crippen LogP contribution in [0.1, 0.15) is 11.1 Å².